The molecule has 0 bridgehead atoms. The number of aromatic amines is 1. The molecule has 0 saturated carbocycles. The van der Waals surface area contributed by atoms with E-state index in [-0.39, 0.29) is 0 Å². The van der Waals surface area contributed by atoms with Crippen molar-refractivity contribution >= 4 is 28.5 Å². The van der Waals surface area contributed by atoms with Crippen molar-refractivity contribution in [3.8, 4) is 6.07 Å². The third-order valence-electron chi connectivity index (χ3n) is 3.72. The molecule has 0 aliphatic rings. The van der Waals surface area contributed by atoms with Gasteiger partial charge in [-0.25, -0.2) is 4.98 Å². The van der Waals surface area contributed by atoms with Gasteiger partial charge in [-0.2, -0.15) is 5.26 Å². The Hall–Kier alpha value is -2.39. The quantitative estimate of drug-likeness (QED) is 0.715. The third kappa shape index (κ3) is 2.44. The number of fused-ring (bicyclic) bond motifs is 1. The minimum Gasteiger partial charge on any atom is -0.358 e. The second-order valence-electron chi connectivity index (χ2n) is 5.11. The van der Waals surface area contributed by atoms with Gasteiger partial charge in [0.05, 0.1) is 16.8 Å². The standard InChI is InChI=1S/C16H17N5S/c1-4-21-9-14(19-11(21)3)22-20-13-6-5-10(2)15-12(7-17)8-18-16(13)15/h5-6,8-9,18,20H,4H2,1-3H3. The van der Waals surface area contributed by atoms with Gasteiger partial charge in [0, 0.05) is 36.3 Å². The van der Waals surface area contributed by atoms with Crippen molar-refractivity contribution in [2.75, 3.05) is 4.72 Å². The molecule has 112 valence electrons. The zero-order valence-electron chi connectivity index (χ0n) is 12.8. The van der Waals surface area contributed by atoms with Crippen molar-refractivity contribution in [1.29, 1.82) is 5.26 Å². The van der Waals surface area contributed by atoms with E-state index < -0.39 is 0 Å². The number of rotatable bonds is 4. The summed E-state index contributed by atoms with van der Waals surface area (Å²) in [7, 11) is 0. The predicted molar refractivity (Wildman–Crippen MR) is 89.9 cm³/mol. The number of imidazole rings is 1. The van der Waals surface area contributed by atoms with Gasteiger partial charge >= 0.3 is 0 Å². The Morgan fingerprint density at radius 1 is 1.41 bits per heavy atom. The maximum absolute atomic E-state index is 9.20. The molecule has 2 N–H and O–H groups in total. The van der Waals surface area contributed by atoms with Crippen LogP contribution in [0, 0.1) is 25.2 Å². The topological polar surface area (TPSA) is 69.4 Å². The number of nitrogens with one attached hydrogen (secondary N) is 2. The Morgan fingerprint density at radius 3 is 2.91 bits per heavy atom. The number of H-pyrrole nitrogens is 1. The fraction of sp³-hybridized carbons (Fsp3) is 0.250. The van der Waals surface area contributed by atoms with E-state index in [1.54, 1.807) is 6.20 Å². The SMILES string of the molecule is CCn1cc(SNc2ccc(C)c3c(C#N)c[nH]c23)nc1C. The summed E-state index contributed by atoms with van der Waals surface area (Å²) in [5.74, 6) is 1.01. The number of nitriles is 1. The molecule has 0 atom stereocenters. The molecule has 2 heterocycles. The van der Waals surface area contributed by atoms with Crippen molar-refractivity contribution in [3.63, 3.8) is 0 Å². The molecule has 0 aliphatic carbocycles. The summed E-state index contributed by atoms with van der Waals surface area (Å²) in [6.07, 6.45) is 3.79. The molecule has 0 saturated heterocycles. The molecule has 0 spiro atoms. The van der Waals surface area contributed by atoms with Crippen LogP contribution in [-0.4, -0.2) is 14.5 Å². The molecule has 1 aromatic carbocycles. The van der Waals surface area contributed by atoms with Crippen LogP contribution in [0.5, 0.6) is 0 Å². The first-order valence-corrected chi connectivity index (χ1v) is 7.93. The van der Waals surface area contributed by atoms with Gasteiger partial charge in [-0.1, -0.05) is 6.07 Å². The largest absolute Gasteiger partial charge is 0.358 e. The highest BCUT2D eigenvalue weighted by atomic mass is 32.2. The normalized spacial score (nSPS) is 10.8. The fourth-order valence-corrected chi connectivity index (χ4v) is 3.29. The van der Waals surface area contributed by atoms with Crippen molar-refractivity contribution in [2.24, 2.45) is 0 Å². The van der Waals surface area contributed by atoms with E-state index in [0.29, 0.717) is 5.56 Å². The number of benzene rings is 1. The van der Waals surface area contributed by atoms with E-state index in [2.05, 4.69) is 32.3 Å². The zero-order valence-corrected chi connectivity index (χ0v) is 13.6. The van der Waals surface area contributed by atoms with Crippen molar-refractivity contribution in [3.05, 3.63) is 41.5 Å². The first-order chi connectivity index (χ1) is 10.6. The van der Waals surface area contributed by atoms with Crippen LogP contribution in [0.1, 0.15) is 23.9 Å². The Bertz CT molecular complexity index is 869. The first-order valence-electron chi connectivity index (χ1n) is 7.11. The first kappa shape index (κ1) is 14.5. The molecule has 0 amide bonds. The van der Waals surface area contributed by atoms with E-state index in [1.165, 1.54) is 11.9 Å². The van der Waals surface area contributed by atoms with Gasteiger partial charge in [0.25, 0.3) is 0 Å². The lowest BCUT2D eigenvalue weighted by atomic mass is 10.1. The Morgan fingerprint density at radius 2 is 2.23 bits per heavy atom. The molecule has 5 nitrogen and oxygen atoms in total. The van der Waals surface area contributed by atoms with E-state index in [0.717, 1.165) is 39.5 Å². The average Bonchev–Trinajstić information content (AvgIpc) is 3.10. The fourth-order valence-electron chi connectivity index (χ4n) is 2.55. The molecule has 2 aromatic heterocycles. The summed E-state index contributed by atoms with van der Waals surface area (Å²) < 4.78 is 5.44. The molecule has 0 radical (unpaired) electrons. The highest BCUT2D eigenvalue weighted by Gasteiger charge is 2.11. The van der Waals surface area contributed by atoms with Crippen LogP contribution in [0.15, 0.2) is 29.6 Å². The zero-order chi connectivity index (χ0) is 15.7. The van der Waals surface area contributed by atoms with Crippen LogP contribution in [0.25, 0.3) is 10.9 Å². The number of anilines is 1. The number of hydrogen-bond donors (Lipinski definition) is 2. The molecular weight excluding hydrogens is 294 g/mol. The minimum atomic E-state index is 0.673. The third-order valence-corrected chi connectivity index (χ3v) is 4.45. The molecule has 3 rings (SSSR count). The summed E-state index contributed by atoms with van der Waals surface area (Å²) >= 11 is 1.48. The van der Waals surface area contributed by atoms with E-state index in [1.807, 2.05) is 32.2 Å². The van der Waals surface area contributed by atoms with Crippen LogP contribution in [-0.2, 0) is 6.54 Å². The molecule has 6 heteroatoms. The summed E-state index contributed by atoms with van der Waals surface area (Å²) in [5.41, 5.74) is 3.67. The van der Waals surface area contributed by atoms with Gasteiger partial charge in [0.15, 0.2) is 0 Å². The number of aryl methyl sites for hydroxylation is 3. The van der Waals surface area contributed by atoms with E-state index in [9.17, 15) is 5.26 Å². The highest BCUT2D eigenvalue weighted by molar-refractivity contribution is 8.00. The number of nitrogens with zero attached hydrogens (tertiary/aromatic N) is 3. The van der Waals surface area contributed by atoms with Crippen LogP contribution in [0.3, 0.4) is 0 Å². The molecule has 22 heavy (non-hydrogen) atoms. The van der Waals surface area contributed by atoms with Crippen LogP contribution in [0.2, 0.25) is 0 Å². The van der Waals surface area contributed by atoms with Gasteiger partial charge in [0.2, 0.25) is 0 Å². The Kier molecular flexibility index (Phi) is 3.82. The van der Waals surface area contributed by atoms with Crippen LogP contribution < -0.4 is 4.72 Å². The van der Waals surface area contributed by atoms with E-state index >= 15 is 0 Å². The summed E-state index contributed by atoms with van der Waals surface area (Å²) in [6, 6.07) is 6.27. The lowest BCUT2D eigenvalue weighted by molar-refractivity contribution is 0.730. The summed E-state index contributed by atoms with van der Waals surface area (Å²) in [4.78, 5) is 7.71. The Balaban J connectivity index is 1.89. The smallest absolute Gasteiger partial charge is 0.135 e. The summed E-state index contributed by atoms with van der Waals surface area (Å²) in [5, 5.41) is 11.1. The maximum Gasteiger partial charge on any atom is 0.135 e. The minimum absolute atomic E-state index is 0.673. The lowest BCUT2D eigenvalue weighted by Gasteiger charge is -2.07. The second kappa shape index (κ2) is 5.78. The molecule has 3 aromatic rings. The molecular formula is C16H17N5S. The predicted octanol–water partition coefficient (Wildman–Crippen LogP) is 3.99. The maximum atomic E-state index is 9.20. The number of hydrogen-bond acceptors (Lipinski definition) is 4. The Labute approximate surface area is 133 Å². The van der Waals surface area contributed by atoms with Gasteiger partial charge in [0.1, 0.15) is 16.9 Å². The van der Waals surface area contributed by atoms with Gasteiger partial charge < -0.3 is 14.3 Å². The van der Waals surface area contributed by atoms with Crippen LogP contribution in [0.4, 0.5) is 5.69 Å². The molecule has 0 aliphatic heterocycles. The van der Waals surface area contributed by atoms with Crippen molar-refractivity contribution in [2.45, 2.75) is 32.3 Å². The van der Waals surface area contributed by atoms with E-state index in [4.69, 9.17) is 0 Å². The number of aromatic nitrogens is 3. The second-order valence-corrected chi connectivity index (χ2v) is 5.94. The van der Waals surface area contributed by atoms with Crippen molar-refractivity contribution < 1.29 is 0 Å². The van der Waals surface area contributed by atoms with Gasteiger partial charge in [-0.3, -0.25) is 0 Å². The van der Waals surface area contributed by atoms with Gasteiger partial charge in [-0.05, 0) is 32.4 Å². The van der Waals surface area contributed by atoms with Gasteiger partial charge in [-0.15, -0.1) is 0 Å². The molecule has 0 unspecified atom stereocenters. The molecule has 0 fully saturated rings. The summed E-state index contributed by atoms with van der Waals surface area (Å²) in [6.45, 7) is 7.03. The highest BCUT2D eigenvalue weighted by Crippen LogP contribution is 2.31. The monoisotopic (exact) mass is 311 g/mol. The van der Waals surface area contributed by atoms with Crippen LogP contribution >= 0.6 is 11.9 Å². The lowest BCUT2D eigenvalue weighted by Crippen LogP contribution is -1.93. The van der Waals surface area contributed by atoms with Crippen molar-refractivity contribution in [1.82, 2.24) is 14.5 Å². The average molecular weight is 311 g/mol.